The van der Waals surface area contributed by atoms with Crippen LogP contribution >= 0.6 is 11.6 Å². The Morgan fingerprint density at radius 1 is 1.21 bits per heavy atom. The van der Waals surface area contributed by atoms with Crippen LogP contribution in [0.15, 0.2) is 54.6 Å². The molecule has 7 nitrogen and oxygen atoms in total. The zero-order valence-electron chi connectivity index (χ0n) is 15.7. The Morgan fingerprint density at radius 2 is 1.97 bits per heavy atom. The minimum absolute atomic E-state index is 0.0858. The molecule has 0 bridgehead atoms. The maximum absolute atomic E-state index is 12.7. The van der Waals surface area contributed by atoms with Crippen molar-refractivity contribution < 1.29 is 14.6 Å². The first-order valence-electron chi connectivity index (χ1n) is 9.43. The summed E-state index contributed by atoms with van der Waals surface area (Å²) in [6.07, 6.45) is -0.563. The number of hydrogen-bond donors (Lipinski definition) is 2. The molecule has 1 aliphatic heterocycles. The molecule has 1 saturated heterocycles. The number of aliphatic hydroxyl groups excluding tert-OH is 1. The van der Waals surface area contributed by atoms with E-state index in [9.17, 15) is 9.90 Å². The first-order valence-corrected chi connectivity index (χ1v) is 9.81. The molecule has 1 fully saturated rings. The molecule has 0 aliphatic carbocycles. The summed E-state index contributed by atoms with van der Waals surface area (Å²) in [6, 6.07) is 16.5. The standard InChI is InChI=1S/C21H21ClN4O3/c22-15-6-8-16(9-7-15)29-18-13-26(11-10-17(18)27)20(28)12-19-23-21(25-24-19)14-4-2-1-3-5-14/h1-9,17-18,27H,10-13H2,(H,23,24,25)/t17-,18-/m1/s1. The summed E-state index contributed by atoms with van der Waals surface area (Å²) in [7, 11) is 0. The highest BCUT2D eigenvalue weighted by Gasteiger charge is 2.32. The van der Waals surface area contributed by atoms with Crippen LogP contribution < -0.4 is 4.74 Å². The van der Waals surface area contributed by atoms with Crippen LogP contribution in [-0.2, 0) is 11.2 Å². The molecule has 1 aromatic heterocycles. The van der Waals surface area contributed by atoms with E-state index >= 15 is 0 Å². The molecule has 0 radical (unpaired) electrons. The van der Waals surface area contributed by atoms with Gasteiger partial charge in [-0.3, -0.25) is 9.89 Å². The predicted octanol–water partition coefficient (Wildman–Crippen LogP) is 2.71. The second-order valence-corrected chi connectivity index (χ2v) is 7.39. The molecule has 1 amide bonds. The third-order valence-electron chi connectivity index (χ3n) is 4.86. The van der Waals surface area contributed by atoms with E-state index in [1.54, 1.807) is 29.2 Å². The van der Waals surface area contributed by atoms with Gasteiger partial charge in [0.15, 0.2) is 5.82 Å². The summed E-state index contributed by atoms with van der Waals surface area (Å²) in [5.74, 6) is 1.59. The molecule has 2 N–H and O–H groups in total. The van der Waals surface area contributed by atoms with Crippen LogP contribution in [0.4, 0.5) is 0 Å². The predicted molar refractivity (Wildman–Crippen MR) is 109 cm³/mol. The molecule has 8 heteroatoms. The number of H-pyrrole nitrogens is 1. The van der Waals surface area contributed by atoms with E-state index in [1.807, 2.05) is 30.3 Å². The van der Waals surface area contributed by atoms with E-state index in [-0.39, 0.29) is 12.3 Å². The summed E-state index contributed by atoms with van der Waals surface area (Å²) in [5, 5.41) is 17.9. The van der Waals surface area contributed by atoms with Gasteiger partial charge >= 0.3 is 0 Å². The zero-order chi connectivity index (χ0) is 20.2. The Kier molecular flexibility index (Phi) is 5.78. The van der Waals surface area contributed by atoms with Crippen LogP contribution in [0, 0.1) is 0 Å². The fraction of sp³-hybridized carbons (Fsp3) is 0.286. The quantitative estimate of drug-likeness (QED) is 0.672. The van der Waals surface area contributed by atoms with Crippen LogP contribution in [0.2, 0.25) is 5.02 Å². The molecule has 2 aromatic carbocycles. The number of aliphatic hydroxyl groups is 1. The Morgan fingerprint density at radius 3 is 2.72 bits per heavy atom. The molecule has 0 unspecified atom stereocenters. The lowest BCUT2D eigenvalue weighted by atomic mass is 10.0. The third kappa shape index (κ3) is 4.75. The largest absolute Gasteiger partial charge is 0.486 e. The van der Waals surface area contributed by atoms with Gasteiger partial charge in [-0.2, -0.15) is 5.10 Å². The number of benzene rings is 2. The van der Waals surface area contributed by atoms with E-state index < -0.39 is 12.2 Å². The topological polar surface area (TPSA) is 91.3 Å². The Hall–Kier alpha value is -2.90. The maximum atomic E-state index is 12.7. The van der Waals surface area contributed by atoms with Gasteiger partial charge in [-0.1, -0.05) is 41.9 Å². The third-order valence-corrected chi connectivity index (χ3v) is 5.11. The Bertz CT molecular complexity index is 962. The second-order valence-electron chi connectivity index (χ2n) is 6.95. The number of nitrogens with one attached hydrogen (secondary N) is 1. The number of halogens is 1. The fourth-order valence-corrected chi connectivity index (χ4v) is 3.41. The smallest absolute Gasteiger partial charge is 0.230 e. The number of amides is 1. The van der Waals surface area contributed by atoms with Gasteiger partial charge in [-0.05, 0) is 30.7 Å². The van der Waals surface area contributed by atoms with Crippen molar-refractivity contribution in [1.82, 2.24) is 20.1 Å². The maximum Gasteiger partial charge on any atom is 0.230 e. The monoisotopic (exact) mass is 412 g/mol. The lowest BCUT2D eigenvalue weighted by Crippen LogP contribution is -2.51. The van der Waals surface area contributed by atoms with E-state index in [0.29, 0.717) is 41.9 Å². The molecule has 3 aromatic rings. The van der Waals surface area contributed by atoms with Crippen molar-refractivity contribution in [2.75, 3.05) is 13.1 Å². The van der Waals surface area contributed by atoms with Gasteiger partial charge in [0.2, 0.25) is 5.91 Å². The number of aromatic nitrogens is 3. The summed E-state index contributed by atoms with van der Waals surface area (Å²) in [4.78, 5) is 18.9. The Balaban J connectivity index is 1.38. The van der Waals surface area contributed by atoms with Crippen molar-refractivity contribution in [3.8, 4) is 17.1 Å². The molecule has 1 aliphatic rings. The minimum atomic E-state index is -0.635. The first-order chi connectivity index (χ1) is 14.1. The number of rotatable bonds is 5. The van der Waals surface area contributed by atoms with Gasteiger partial charge in [-0.15, -0.1) is 0 Å². The average Bonchev–Trinajstić information content (AvgIpc) is 3.20. The molecule has 4 rings (SSSR count). The van der Waals surface area contributed by atoms with Crippen LogP contribution in [-0.4, -0.2) is 56.4 Å². The molecule has 150 valence electrons. The first kappa shape index (κ1) is 19.4. The van der Waals surface area contributed by atoms with Gasteiger partial charge in [0.25, 0.3) is 0 Å². The van der Waals surface area contributed by atoms with E-state index in [1.165, 1.54) is 0 Å². The molecule has 29 heavy (non-hydrogen) atoms. The molecule has 2 heterocycles. The second kappa shape index (κ2) is 8.63. The highest BCUT2D eigenvalue weighted by atomic mass is 35.5. The van der Waals surface area contributed by atoms with E-state index in [2.05, 4.69) is 15.2 Å². The summed E-state index contributed by atoms with van der Waals surface area (Å²) >= 11 is 5.89. The summed E-state index contributed by atoms with van der Waals surface area (Å²) in [5.41, 5.74) is 0.889. The van der Waals surface area contributed by atoms with Gasteiger partial charge in [0.1, 0.15) is 17.7 Å². The summed E-state index contributed by atoms with van der Waals surface area (Å²) < 4.78 is 5.88. The number of likely N-dealkylation sites (tertiary alicyclic amines) is 1. The van der Waals surface area contributed by atoms with Crippen molar-refractivity contribution >= 4 is 17.5 Å². The number of carbonyl (C=O) groups is 1. The van der Waals surface area contributed by atoms with E-state index in [4.69, 9.17) is 16.3 Å². The number of ether oxygens (including phenoxy) is 1. The number of nitrogens with zero attached hydrogens (tertiary/aromatic N) is 3. The van der Waals surface area contributed by atoms with Crippen LogP contribution in [0.5, 0.6) is 5.75 Å². The lowest BCUT2D eigenvalue weighted by molar-refractivity contribution is -0.136. The highest BCUT2D eigenvalue weighted by molar-refractivity contribution is 6.30. The van der Waals surface area contributed by atoms with Gasteiger partial charge < -0.3 is 14.7 Å². The number of piperidine rings is 1. The van der Waals surface area contributed by atoms with Crippen LogP contribution in [0.25, 0.3) is 11.4 Å². The molecule has 0 saturated carbocycles. The number of carbonyl (C=O) groups excluding carboxylic acids is 1. The molecular formula is C21H21ClN4O3. The SMILES string of the molecule is O=C(Cc1nc(-c2ccccc2)n[nH]1)N1CC[C@@H](O)[C@H](Oc2ccc(Cl)cc2)C1. The molecular weight excluding hydrogens is 392 g/mol. The minimum Gasteiger partial charge on any atom is -0.486 e. The van der Waals surface area contributed by atoms with Gasteiger partial charge in [0.05, 0.1) is 19.1 Å². The highest BCUT2D eigenvalue weighted by Crippen LogP contribution is 2.21. The Labute approximate surface area is 173 Å². The van der Waals surface area contributed by atoms with Crippen LogP contribution in [0.3, 0.4) is 0 Å². The summed E-state index contributed by atoms with van der Waals surface area (Å²) in [6.45, 7) is 0.780. The van der Waals surface area contributed by atoms with Gasteiger partial charge in [0, 0.05) is 17.1 Å². The van der Waals surface area contributed by atoms with Crippen molar-refractivity contribution in [2.24, 2.45) is 0 Å². The van der Waals surface area contributed by atoms with E-state index in [0.717, 1.165) is 5.56 Å². The average molecular weight is 413 g/mol. The number of aromatic amines is 1. The fourth-order valence-electron chi connectivity index (χ4n) is 3.28. The van der Waals surface area contributed by atoms with Crippen molar-refractivity contribution in [3.63, 3.8) is 0 Å². The lowest BCUT2D eigenvalue weighted by Gasteiger charge is -2.36. The van der Waals surface area contributed by atoms with Crippen LogP contribution in [0.1, 0.15) is 12.2 Å². The van der Waals surface area contributed by atoms with Crippen molar-refractivity contribution in [2.45, 2.75) is 25.0 Å². The molecule has 0 spiro atoms. The zero-order valence-corrected chi connectivity index (χ0v) is 16.4. The van der Waals surface area contributed by atoms with Gasteiger partial charge in [-0.25, -0.2) is 4.98 Å². The molecule has 2 atom stereocenters. The van der Waals surface area contributed by atoms with Crippen molar-refractivity contribution in [3.05, 3.63) is 65.4 Å². The normalized spacial score (nSPS) is 19.2. The number of hydrogen-bond acceptors (Lipinski definition) is 5. The van der Waals surface area contributed by atoms with Crippen molar-refractivity contribution in [1.29, 1.82) is 0 Å².